The van der Waals surface area contributed by atoms with Crippen molar-refractivity contribution in [3.8, 4) is 0 Å². The van der Waals surface area contributed by atoms with Crippen molar-refractivity contribution in [3.63, 3.8) is 0 Å². The lowest BCUT2D eigenvalue weighted by Crippen LogP contribution is -2.46. The number of carbonyl (C=O) groups excluding carboxylic acids is 1. The van der Waals surface area contributed by atoms with Crippen molar-refractivity contribution in [1.82, 2.24) is 9.88 Å². The quantitative estimate of drug-likeness (QED) is 0.631. The molecule has 0 saturated carbocycles. The van der Waals surface area contributed by atoms with E-state index < -0.39 is 17.5 Å². The van der Waals surface area contributed by atoms with Crippen LogP contribution in [0, 0.1) is 0 Å². The number of carboxylic acid groups (broad SMARTS) is 1. The number of ether oxygens (including phenoxy) is 1. The molecule has 0 fully saturated rings. The topological polar surface area (TPSA) is 101 Å². The standard InChI is InChI=1S/C12H18N2O5/c1-12(18,11(16)17)8-13-10(15)9-4-3-5-14(9)6-7-19-2/h3-5,18H,6-8H2,1-2H3,(H,13,15)(H,16,17). The Morgan fingerprint density at radius 1 is 1.53 bits per heavy atom. The minimum Gasteiger partial charge on any atom is -0.479 e. The summed E-state index contributed by atoms with van der Waals surface area (Å²) in [5, 5.41) is 20.6. The fourth-order valence-electron chi connectivity index (χ4n) is 1.42. The lowest BCUT2D eigenvalue weighted by molar-refractivity contribution is -0.155. The van der Waals surface area contributed by atoms with Crippen LogP contribution in [0.5, 0.6) is 0 Å². The third kappa shape index (κ3) is 4.08. The van der Waals surface area contributed by atoms with Crippen molar-refractivity contribution in [2.75, 3.05) is 20.3 Å². The van der Waals surface area contributed by atoms with E-state index in [1.54, 1.807) is 30.0 Å². The van der Waals surface area contributed by atoms with Gasteiger partial charge in [0.1, 0.15) is 5.69 Å². The first-order valence-corrected chi connectivity index (χ1v) is 5.76. The van der Waals surface area contributed by atoms with Crippen LogP contribution in [-0.2, 0) is 16.1 Å². The minimum atomic E-state index is -1.99. The van der Waals surface area contributed by atoms with Crippen LogP contribution in [0.25, 0.3) is 0 Å². The van der Waals surface area contributed by atoms with Gasteiger partial charge in [-0.05, 0) is 19.1 Å². The van der Waals surface area contributed by atoms with Crippen LogP contribution in [0.3, 0.4) is 0 Å². The van der Waals surface area contributed by atoms with Gasteiger partial charge >= 0.3 is 5.97 Å². The first kappa shape index (κ1) is 15.2. The number of carbonyl (C=O) groups is 2. The molecule has 7 heteroatoms. The molecule has 19 heavy (non-hydrogen) atoms. The van der Waals surface area contributed by atoms with Crippen molar-refractivity contribution in [3.05, 3.63) is 24.0 Å². The van der Waals surface area contributed by atoms with Crippen molar-refractivity contribution < 1.29 is 24.5 Å². The molecule has 1 rings (SSSR count). The van der Waals surface area contributed by atoms with Gasteiger partial charge < -0.3 is 24.8 Å². The number of rotatable bonds is 7. The molecule has 7 nitrogen and oxygen atoms in total. The van der Waals surface area contributed by atoms with Gasteiger partial charge in [-0.3, -0.25) is 4.79 Å². The third-order valence-electron chi connectivity index (χ3n) is 2.65. The molecule has 0 aliphatic rings. The molecule has 106 valence electrons. The Kier molecular flexibility index (Phi) is 5.08. The van der Waals surface area contributed by atoms with E-state index in [4.69, 9.17) is 9.84 Å². The largest absolute Gasteiger partial charge is 0.479 e. The molecule has 0 aromatic carbocycles. The van der Waals surface area contributed by atoms with Gasteiger partial charge in [0.2, 0.25) is 0 Å². The number of hydrogen-bond donors (Lipinski definition) is 3. The van der Waals surface area contributed by atoms with Crippen molar-refractivity contribution in [1.29, 1.82) is 0 Å². The fraction of sp³-hybridized carbons (Fsp3) is 0.500. The number of aliphatic hydroxyl groups is 1. The maximum absolute atomic E-state index is 11.9. The maximum atomic E-state index is 11.9. The summed E-state index contributed by atoms with van der Waals surface area (Å²) >= 11 is 0. The van der Waals surface area contributed by atoms with E-state index in [1.807, 2.05) is 0 Å². The van der Waals surface area contributed by atoms with Crippen LogP contribution < -0.4 is 5.32 Å². The number of aliphatic carboxylic acids is 1. The number of carboxylic acids is 1. The van der Waals surface area contributed by atoms with Gasteiger partial charge in [-0.15, -0.1) is 0 Å². The maximum Gasteiger partial charge on any atom is 0.337 e. The average Bonchev–Trinajstić information content (AvgIpc) is 2.81. The van der Waals surface area contributed by atoms with E-state index in [2.05, 4.69) is 5.32 Å². The second-order valence-corrected chi connectivity index (χ2v) is 4.34. The summed E-state index contributed by atoms with van der Waals surface area (Å²) in [6, 6.07) is 3.32. The normalized spacial score (nSPS) is 13.8. The summed E-state index contributed by atoms with van der Waals surface area (Å²) in [7, 11) is 1.56. The van der Waals surface area contributed by atoms with E-state index in [0.717, 1.165) is 6.92 Å². The van der Waals surface area contributed by atoms with E-state index in [9.17, 15) is 14.7 Å². The highest BCUT2D eigenvalue weighted by Gasteiger charge is 2.30. The Bertz CT molecular complexity index is 453. The van der Waals surface area contributed by atoms with Crippen LogP contribution in [0.15, 0.2) is 18.3 Å². The smallest absolute Gasteiger partial charge is 0.337 e. The van der Waals surface area contributed by atoms with Crippen molar-refractivity contribution in [2.24, 2.45) is 0 Å². The third-order valence-corrected chi connectivity index (χ3v) is 2.65. The van der Waals surface area contributed by atoms with Crippen LogP contribution >= 0.6 is 0 Å². The predicted molar refractivity (Wildman–Crippen MR) is 66.9 cm³/mol. The summed E-state index contributed by atoms with van der Waals surface area (Å²) in [6.07, 6.45) is 1.73. The average molecular weight is 270 g/mol. The summed E-state index contributed by atoms with van der Waals surface area (Å²) in [5.74, 6) is -1.83. The van der Waals surface area contributed by atoms with Crippen LogP contribution in [0.4, 0.5) is 0 Å². The van der Waals surface area contributed by atoms with Gasteiger partial charge in [-0.25, -0.2) is 4.79 Å². The molecule has 0 bridgehead atoms. The number of nitrogens with one attached hydrogen (secondary N) is 1. The van der Waals surface area contributed by atoms with Crippen LogP contribution in [0.1, 0.15) is 17.4 Å². The first-order valence-electron chi connectivity index (χ1n) is 5.76. The Hall–Kier alpha value is -1.86. The van der Waals surface area contributed by atoms with Crippen molar-refractivity contribution >= 4 is 11.9 Å². The zero-order valence-electron chi connectivity index (χ0n) is 10.9. The SMILES string of the molecule is COCCn1cccc1C(=O)NCC(C)(O)C(=O)O. The number of nitrogens with zero attached hydrogens (tertiary/aromatic N) is 1. The lowest BCUT2D eigenvalue weighted by atomic mass is 10.1. The molecule has 1 aromatic heterocycles. The van der Waals surface area contributed by atoms with Gasteiger partial charge in [-0.1, -0.05) is 0 Å². The Morgan fingerprint density at radius 3 is 2.79 bits per heavy atom. The second kappa shape index (κ2) is 6.35. The summed E-state index contributed by atoms with van der Waals surface area (Å²) in [6.45, 7) is 1.74. The van der Waals surface area contributed by atoms with Gasteiger partial charge in [0.25, 0.3) is 5.91 Å². The van der Waals surface area contributed by atoms with Crippen LogP contribution in [0.2, 0.25) is 0 Å². The highest BCUT2D eigenvalue weighted by molar-refractivity contribution is 5.93. The van der Waals surface area contributed by atoms with Crippen LogP contribution in [-0.4, -0.2) is 52.5 Å². The Labute approximate surface area is 110 Å². The van der Waals surface area contributed by atoms with E-state index >= 15 is 0 Å². The molecule has 1 heterocycles. The molecule has 3 N–H and O–H groups in total. The molecular weight excluding hydrogens is 252 g/mol. The molecule has 1 unspecified atom stereocenters. The van der Waals surface area contributed by atoms with Gasteiger partial charge in [0.05, 0.1) is 13.2 Å². The monoisotopic (exact) mass is 270 g/mol. The number of hydrogen-bond acceptors (Lipinski definition) is 4. The first-order chi connectivity index (χ1) is 8.88. The zero-order chi connectivity index (χ0) is 14.5. The Morgan fingerprint density at radius 2 is 2.21 bits per heavy atom. The summed E-state index contributed by atoms with van der Waals surface area (Å²) in [5.41, 5.74) is -1.60. The molecular formula is C12H18N2O5. The Balaban J connectivity index is 2.64. The molecule has 0 radical (unpaired) electrons. The molecule has 1 atom stereocenters. The van der Waals surface area contributed by atoms with E-state index in [-0.39, 0.29) is 6.54 Å². The van der Waals surface area contributed by atoms with E-state index in [1.165, 1.54) is 0 Å². The van der Waals surface area contributed by atoms with Gasteiger partial charge in [0.15, 0.2) is 5.60 Å². The van der Waals surface area contributed by atoms with E-state index in [0.29, 0.717) is 18.8 Å². The second-order valence-electron chi connectivity index (χ2n) is 4.34. The number of methoxy groups -OCH3 is 1. The summed E-state index contributed by atoms with van der Waals surface area (Å²) < 4.78 is 6.61. The molecule has 0 aliphatic carbocycles. The van der Waals surface area contributed by atoms with Gasteiger partial charge in [0, 0.05) is 19.9 Å². The lowest BCUT2D eigenvalue weighted by Gasteiger charge is -2.18. The zero-order valence-corrected chi connectivity index (χ0v) is 10.9. The number of amides is 1. The molecule has 0 spiro atoms. The molecule has 0 aliphatic heterocycles. The number of aromatic nitrogens is 1. The van der Waals surface area contributed by atoms with Gasteiger partial charge in [-0.2, -0.15) is 0 Å². The molecule has 0 saturated heterocycles. The molecule has 1 aromatic rings. The highest BCUT2D eigenvalue weighted by Crippen LogP contribution is 2.05. The minimum absolute atomic E-state index is 0.364. The highest BCUT2D eigenvalue weighted by atomic mass is 16.5. The fourth-order valence-corrected chi connectivity index (χ4v) is 1.42. The summed E-state index contributed by atoms with van der Waals surface area (Å²) in [4.78, 5) is 22.6. The molecule has 1 amide bonds. The van der Waals surface area contributed by atoms with Crippen molar-refractivity contribution in [2.45, 2.75) is 19.1 Å². The predicted octanol–water partition coefficient (Wildman–Crippen LogP) is -0.300.